The van der Waals surface area contributed by atoms with Crippen LogP contribution in [0.15, 0.2) is 42.5 Å². The number of hydrogen-bond acceptors (Lipinski definition) is 5. The Bertz CT molecular complexity index is 822. The molecule has 0 saturated carbocycles. The predicted molar refractivity (Wildman–Crippen MR) is 95.7 cm³/mol. The first kappa shape index (κ1) is 18.1. The number of esters is 1. The lowest BCUT2D eigenvalue weighted by Gasteiger charge is -2.22. The van der Waals surface area contributed by atoms with Crippen LogP contribution in [0, 0.1) is 0 Å². The first-order valence-corrected chi connectivity index (χ1v) is 8.41. The van der Waals surface area contributed by atoms with Gasteiger partial charge in [0.15, 0.2) is 11.5 Å². The minimum absolute atomic E-state index is 0.187. The number of carbonyl (C=O) groups excluding carboxylic acids is 2. The summed E-state index contributed by atoms with van der Waals surface area (Å²) in [7, 11) is 3.21. The molecule has 1 aliphatic heterocycles. The van der Waals surface area contributed by atoms with Crippen molar-refractivity contribution in [1.29, 1.82) is 0 Å². The second-order valence-corrected chi connectivity index (χ2v) is 6.32. The fraction of sp³-hybridized carbons (Fsp3) is 0.263. The molecule has 0 saturated heterocycles. The van der Waals surface area contributed by atoms with Gasteiger partial charge in [0.05, 0.1) is 10.6 Å². The zero-order valence-electron chi connectivity index (χ0n) is 14.4. The van der Waals surface area contributed by atoms with E-state index in [1.165, 1.54) is 17.0 Å². The van der Waals surface area contributed by atoms with Crippen LogP contribution in [0.1, 0.15) is 22.0 Å². The summed E-state index contributed by atoms with van der Waals surface area (Å²) < 4.78 is 16.4. The van der Waals surface area contributed by atoms with Crippen molar-refractivity contribution >= 4 is 23.5 Å². The molecule has 6 nitrogen and oxygen atoms in total. The van der Waals surface area contributed by atoms with E-state index in [0.717, 1.165) is 0 Å². The van der Waals surface area contributed by atoms with Crippen LogP contribution in [-0.4, -0.2) is 44.1 Å². The predicted octanol–water partition coefficient (Wildman–Crippen LogP) is 3.10. The van der Waals surface area contributed by atoms with Crippen LogP contribution in [0.3, 0.4) is 0 Å². The highest BCUT2D eigenvalue weighted by molar-refractivity contribution is 6.32. The molecular weight excluding hydrogens is 358 g/mol. The molecule has 1 aliphatic rings. The van der Waals surface area contributed by atoms with Gasteiger partial charge in [0, 0.05) is 19.7 Å². The molecule has 1 heterocycles. The van der Waals surface area contributed by atoms with E-state index in [4.69, 9.17) is 25.8 Å². The zero-order chi connectivity index (χ0) is 18.7. The maximum absolute atomic E-state index is 12.6. The van der Waals surface area contributed by atoms with Gasteiger partial charge in [-0.05, 0) is 12.1 Å². The van der Waals surface area contributed by atoms with Crippen LogP contribution in [0.5, 0.6) is 11.5 Å². The van der Waals surface area contributed by atoms with Crippen LogP contribution in [0.25, 0.3) is 0 Å². The zero-order valence-corrected chi connectivity index (χ0v) is 15.2. The third-order valence-electron chi connectivity index (χ3n) is 3.82. The summed E-state index contributed by atoms with van der Waals surface area (Å²) in [5.41, 5.74) is 0.773. The smallest absolute Gasteiger partial charge is 0.339 e. The van der Waals surface area contributed by atoms with E-state index < -0.39 is 12.1 Å². The Labute approximate surface area is 156 Å². The molecule has 0 unspecified atom stereocenters. The van der Waals surface area contributed by atoms with E-state index in [1.54, 1.807) is 38.4 Å². The summed E-state index contributed by atoms with van der Waals surface area (Å²) in [5.74, 6) is -0.231. The topological polar surface area (TPSA) is 65.1 Å². The number of carbonyl (C=O) groups is 2. The monoisotopic (exact) mass is 375 g/mol. The van der Waals surface area contributed by atoms with Crippen molar-refractivity contribution in [2.45, 2.75) is 6.10 Å². The molecule has 0 bridgehead atoms. The molecule has 3 rings (SSSR count). The van der Waals surface area contributed by atoms with Gasteiger partial charge < -0.3 is 19.1 Å². The molecule has 0 spiro atoms. The molecule has 0 aliphatic carbocycles. The van der Waals surface area contributed by atoms with Crippen molar-refractivity contribution in [3.63, 3.8) is 0 Å². The maximum atomic E-state index is 12.6. The number of rotatable bonds is 4. The van der Waals surface area contributed by atoms with Crippen LogP contribution in [-0.2, 0) is 9.53 Å². The normalized spacial score (nSPS) is 13.7. The highest BCUT2D eigenvalue weighted by Gasteiger charge is 2.28. The van der Waals surface area contributed by atoms with Crippen molar-refractivity contribution < 1.29 is 23.8 Å². The highest BCUT2D eigenvalue weighted by atomic mass is 35.5. The molecule has 1 atom stereocenters. The van der Waals surface area contributed by atoms with Gasteiger partial charge in [-0.1, -0.05) is 41.9 Å². The Morgan fingerprint density at radius 1 is 1.12 bits per heavy atom. The van der Waals surface area contributed by atoms with Crippen molar-refractivity contribution in [3.05, 3.63) is 58.6 Å². The lowest BCUT2D eigenvalue weighted by atomic mass is 10.1. The number of hydrogen-bond donors (Lipinski definition) is 0. The summed E-state index contributed by atoms with van der Waals surface area (Å²) in [6.45, 7) is 0.761. The lowest BCUT2D eigenvalue weighted by molar-refractivity contribution is -0.138. The Morgan fingerprint density at radius 3 is 2.50 bits per heavy atom. The number of halogens is 1. The van der Waals surface area contributed by atoms with E-state index in [1.807, 2.05) is 6.07 Å². The molecular formula is C19H18ClNO5. The Hall–Kier alpha value is -2.73. The van der Waals surface area contributed by atoms with Gasteiger partial charge in [-0.3, -0.25) is 4.79 Å². The second-order valence-electron chi connectivity index (χ2n) is 5.91. The van der Waals surface area contributed by atoms with E-state index in [2.05, 4.69) is 0 Å². The first-order valence-electron chi connectivity index (χ1n) is 8.03. The molecule has 0 fully saturated rings. The van der Waals surface area contributed by atoms with Crippen molar-refractivity contribution in [2.75, 3.05) is 27.3 Å². The summed E-state index contributed by atoms with van der Waals surface area (Å²) in [5, 5.41) is 0.254. The van der Waals surface area contributed by atoms with E-state index in [9.17, 15) is 9.59 Å². The summed E-state index contributed by atoms with van der Waals surface area (Å²) in [6, 6.07) is 11.8. The lowest BCUT2D eigenvalue weighted by Crippen LogP contribution is -2.31. The number of fused-ring (bicyclic) bond motifs is 1. The molecule has 136 valence electrons. The number of amides is 1. The van der Waals surface area contributed by atoms with Gasteiger partial charge in [0.2, 0.25) is 6.10 Å². The van der Waals surface area contributed by atoms with E-state index in [0.29, 0.717) is 30.3 Å². The average Bonchev–Trinajstić information content (AvgIpc) is 2.66. The van der Waals surface area contributed by atoms with Crippen molar-refractivity contribution in [1.82, 2.24) is 4.90 Å². The third-order valence-corrected chi connectivity index (χ3v) is 4.11. The van der Waals surface area contributed by atoms with Crippen LogP contribution >= 0.6 is 11.6 Å². The van der Waals surface area contributed by atoms with Gasteiger partial charge in [0.1, 0.15) is 13.2 Å². The van der Waals surface area contributed by atoms with Crippen molar-refractivity contribution in [3.8, 4) is 11.5 Å². The number of benzene rings is 2. The minimum Gasteiger partial charge on any atom is -0.486 e. The van der Waals surface area contributed by atoms with Gasteiger partial charge in [-0.2, -0.15) is 0 Å². The van der Waals surface area contributed by atoms with Crippen molar-refractivity contribution in [2.24, 2.45) is 0 Å². The fourth-order valence-electron chi connectivity index (χ4n) is 2.53. The molecule has 1 amide bonds. The summed E-state index contributed by atoms with van der Waals surface area (Å²) >= 11 is 6.17. The number of ether oxygens (including phenoxy) is 3. The molecule has 2 aromatic rings. The second kappa shape index (κ2) is 7.66. The quantitative estimate of drug-likeness (QED) is 0.768. The molecule has 0 radical (unpaired) electrons. The number of likely N-dealkylation sites (N-methyl/N-ethyl adjacent to an activating group) is 1. The Balaban J connectivity index is 1.88. The minimum atomic E-state index is -1.05. The highest BCUT2D eigenvalue weighted by Crippen LogP contribution is 2.38. The van der Waals surface area contributed by atoms with Crippen LogP contribution < -0.4 is 9.47 Å². The summed E-state index contributed by atoms with van der Waals surface area (Å²) in [4.78, 5) is 26.5. The van der Waals surface area contributed by atoms with Crippen LogP contribution in [0.2, 0.25) is 5.02 Å². The van der Waals surface area contributed by atoms with Crippen LogP contribution in [0.4, 0.5) is 0 Å². The Morgan fingerprint density at radius 2 is 1.81 bits per heavy atom. The van der Waals surface area contributed by atoms with E-state index in [-0.39, 0.29) is 16.5 Å². The average molecular weight is 376 g/mol. The number of nitrogens with zero attached hydrogens (tertiary/aromatic N) is 1. The summed E-state index contributed by atoms with van der Waals surface area (Å²) in [6.07, 6.45) is -1.05. The molecule has 26 heavy (non-hydrogen) atoms. The van der Waals surface area contributed by atoms with Gasteiger partial charge in [-0.25, -0.2) is 4.79 Å². The molecule has 2 aromatic carbocycles. The SMILES string of the molecule is CN(C)C(=O)[C@@H](OC(=O)c1cc(Cl)c2c(c1)OCCO2)c1ccccc1. The fourth-order valence-corrected chi connectivity index (χ4v) is 2.79. The standard InChI is InChI=1S/C19H18ClNO5/c1-21(2)18(22)16(12-6-4-3-5-7-12)26-19(23)13-10-14(20)17-15(11-13)24-8-9-25-17/h3-7,10-11,16H,8-9H2,1-2H3/t16-/m0/s1. The van der Waals surface area contributed by atoms with Gasteiger partial charge in [0.25, 0.3) is 5.91 Å². The molecule has 0 N–H and O–H groups in total. The van der Waals surface area contributed by atoms with Gasteiger partial charge in [-0.15, -0.1) is 0 Å². The first-order chi connectivity index (χ1) is 12.5. The molecule has 0 aromatic heterocycles. The maximum Gasteiger partial charge on any atom is 0.339 e. The van der Waals surface area contributed by atoms with Gasteiger partial charge >= 0.3 is 5.97 Å². The Kier molecular flexibility index (Phi) is 5.32. The largest absolute Gasteiger partial charge is 0.486 e. The van der Waals surface area contributed by atoms with E-state index >= 15 is 0 Å². The molecule has 7 heteroatoms. The third kappa shape index (κ3) is 3.75.